The van der Waals surface area contributed by atoms with E-state index >= 15 is 0 Å². The van der Waals surface area contributed by atoms with Crippen molar-refractivity contribution in [1.29, 1.82) is 0 Å². The van der Waals surface area contributed by atoms with E-state index in [0.717, 1.165) is 27.8 Å². The molecule has 0 unspecified atom stereocenters. The Balaban J connectivity index is 1.69. The summed E-state index contributed by atoms with van der Waals surface area (Å²) in [5.41, 5.74) is 5.14. The number of benzene rings is 3. The first-order chi connectivity index (χ1) is 14.9. The van der Waals surface area contributed by atoms with Crippen molar-refractivity contribution in [3.05, 3.63) is 89.7 Å². The van der Waals surface area contributed by atoms with E-state index in [-0.39, 0.29) is 10.7 Å². The maximum atomic E-state index is 13.6. The highest BCUT2D eigenvalue weighted by atomic mass is 32.2. The summed E-state index contributed by atoms with van der Waals surface area (Å²) >= 11 is 0. The molecule has 1 aliphatic rings. The number of ether oxygens (including phenoxy) is 1. The minimum Gasteiger partial charge on any atom is -0.472 e. The molecule has 5 rings (SSSR count). The van der Waals surface area contributed by atoms with Crippen LogP contribution in [0.1, 0.15) is 11.1 Å². The van der Waals surface area contributed by atoms with E-state index in [1.165, 1.54) is 18.4 Å². The summed E-state index contributed by atoms with van der Waals surface area (Å²) in [6.07, 6.45) is 1.18. The molecule has 156 valence electrons. The van der Waals surface area contributed by atoms with Crippen molar-refractivity contribution in [2.24, 2.45) is 0 Å². The maximum absolute atomic E-state index is 13.6. The molecule has 0 radical (unpaired) electrons. The van der Waals surface area contributed by atoms with Crippen molar-refractivity contribution >= 4 is 9.84 Å². The van der Waals surface area contributed by atoms with E-state index in [1.54, 1.807) is 36.4 Å². The highest BCUT2D eigenvalue weighted by molar-refractivity contribution is 7.90. The topological polar surface area (TPSA) is 61.2 Å². The summed E-state index contributed by atoms with van der Waals surface area (Å²) in [7, 11) is -3.30. The van der Waals surface area contributed by atoms with Crippen LogP contribution in [0.25, 0.3) is 22.4 Å². The third-order valence-corrected chi connectivity index (χ3v) is 6.53. The van der Waals surface area contributed by atoms with E-state index in [0.29, 0.717) is 24.7 Å². The number of rotatable bonds is 3. The molecule has 31 heavy (non-hydrogen) atoms. The van der Waals surface area contributed by atoms with Gasteiger partial charge in [-0.3, -0.25) is 0 Å². The summed E-state index contributed by atoms with van der Waals surface area (Å²) in [5.74, 6) is 0.277. The molecule has 0 aliphatic carbocycles. The van der Waals surface area contributed by atoms with Crippen LogP contribution in [0.3, 0.4) is 0 Å². The van der Waals surface area contributed by atoms with Crippen LogP contribution in [-0.4, -0.2) is 24.5 Å². The van der Waals surface area contributed by atoms with Crippen LogP contribution in [0.2, 0.25) is 0 Å². The Morgan fingerprint density at radius 3 is 2.23 bits per heavy atom. The van der Waals surface area contributed by atoms with Crippen LogP contribution in [0.5, 0.6) is 5.88 Å². The summed E-state index contributed by atoms with van der Waals surface area (Å²) in [6, 6.07) is 20.9. The van der Waals surface area contributed by atoms with Gasteiger partial charge in [0.05, 0.1) is 17.0 Å². The van der Waals surface area contributed by atoms with Crippen molar-refractivity contribution in [3.63, 3.8) is 0 Å². The number of halogens is 1. The van der Waals surface area contributed by atoms with Gasteiger partial charge in [0.25, 0.3) is 0 Å². The predicted octanol–water partition coefficient (Wildman–Crippen LogP) is 4.70. The average molecular weight is 434 g/mol. The van der Waals surface area contributed by atoms with Gasteiger partial charge in [0.15, 0.2) is 9.84 Å². The molecule has 5 nitrogen and oxygen atoms in total. The van der Waals surface area contributed by atoms with Crippen LogP contribution >= 0.6 is 0 Å². The van der Waals surface area contributed by atoms with Crippen molar-refractivity contribution in [2.75, 3.05) is 6.26 Å². The summed E-state index contributed by atoms with van der Waals surface area (Å²) in [5, 5.41) is 4.82. The van der Waals surface area contributed by atoms with E-state index < -0.39 is 9.84 Å². The smallest absolute Gasteiger partial charge is 0.221 e. The Hall–Kier alpha value is -3.45. The zero-order chi connectivity index (χ0) is 21.6. The van der Waals surface area contributed by atoms with Gasteiger partial charge >= 0.3 is 0 Å². The first kappa shape index (κ1) is 19.5. The highest BCUT2D eigenvalue weighted by Crippen LogP contribution is 2.41. The molecule has 0 saturated carbocycles. The second-order valence-electron chi connectivity index (χ2n) is 7.55. The fourth-order valence-electron chi connectivity index (χ4n) is 3.80. The van der Waals surface area contributed by atoms with Gasteiger partial charge in [0.1, 0.15) is 18.1 Å². The maximum Gasteiger partial charge on any atom is 0.221 e. The molecule has 7 heteroatoms. The molecule has 0 spiro atoms. The molecule has 0 amide bonds. The van der Waals surface area contributed by atoms with Gasteiger partial charge in [-0.1, -0.05) is 48.5 Å². The fourth-order valence-corrected chi connectivity index (χ4v) is 4.43. The Labute approximate surface area is 179 Å². The zero-order valence-electron chi connectivity index (χ0n) is 16.7. The number of hydrogen-bond donors (Lipinski definition) is 0. The molecule has 4 aromatic rings. The Kier molecular flexibility index (Phi) is 4.63. The van der Waals surface area contributed by atoms with E-state index in [4.69, 9.17) is 9.84 Å². The van der Waals surface area contributed by atoms with Crippen molar-refractivity contribution in [2.45, 2.75) is 18.0 Å². The molecular weight excluding hydrogens is 415 g/mol. The summed E-state index contributed by atoms with van der Waals surface area (Å²) in [4.78, 5) is 0.241. The summed E-state index contributed by atoms with van der Waals surface area (Å²) in [6.45, 7) is 0.948. The number of fused-ring (bicyclic) bond motifs is 2. The van der Waals surface area contributed by atoms with Crippen molar-refractivity contribution in [1.82, 2.24) is 9.78 Å². The second-order valence-corrected chi connectivity index (χ2v) is 9.56. The molecule has 0 N–H and O–H groups in total. The Morgan fingerprint density at radius 2 is 1.55 bits per heavy atom. The predicted molar refractivity (Wildman–Crippen MR) is 116 cm³/mol. The van der Waals surface area contributed by atoms with Crippen molar-refractivity contribution in [3.8, 4) is 28.3 Å². The summed E-state index contributed by atoms with van der Waals surface area (Å²) < 4.78 is 45.3. The lowest BCUT2D eigenvalue weighted by atomic mass is 10.0. The van der Waals surface area contributed by atoms with Crippen molar-refractivity contribution < 1.29 is 17.5 Å². The van der Waals surface area contributed by atoms with E-state index in [9.17, 15) is 12.8 Å². The zero-order valence-corrected chi connectivity index (χ0v) is 17.6. The lowest BCUT2D eigenvalue weighted by Gasteiger charge is -2.09. The van der Waals surface area contributed by atoms with Gasteiger partial charge in [0, 0.05) is 11.8 Å². The standard InChI is InChI=1S/C24H19FN2O3S/c1-31(28,29)21-12-8-17(9-13-21)23-22(16-6-10-20(25)11-7-16)24-27(26-23)14-18-4-2-3-5-19(18)15-30-24/h2-13H,14-15H2,1H3. The minimum absolute atomic E-state index is 0.241. The molecule has 3 aromatic carbocycles. The third kappa shape index (κ3) is 3.61. The largest absolute Gasteiger partial charge is 0.472 e. The van der Waals surface area contributed by atoms with Crippen LogP contribution in [0.4, 0.5) is 4.39 Å². The first-order valence-corrected chi connectivity index (χ1v) is 11.7. The molecule has 2 heterocycles. The third-order valence-electron chi connectivity index (χ3n) is 5.40. The molecule has 0 fully saturated rings. The molecule has 1 aliphatic heterocycles. The van der Waals surface area contributed by atoms with Crippen LogP contribution < -0.4 is 4.74 Å². The van der Waals surface area contributed by atoms with Gasteiger partial charge in [-0.05, 0) is 41.0 Å². The number of hydrogen-bond acceptors (Lipinski definition) is 4. The average Bonchev–Trinajstić information content (AvgIpc) is 3.01. The second kappa shape index (κ2) is 7.35. The van der Waals surface area contributed by atoms with Gasteiger partial charge in [-0.2, -0.15) is 5.10 Å². The number of aromatic nitrogens is 2. The van der Waals surface area contributed by atoms with Gasteiger partial charge in [-0.25, -0.2) is 17.5 Å². The number of nitrogens with zero attached hydrogens (tertiary/aromatic N) is 2. The monoisotopic (exact) mass is 434 g/mol. The first-order valence-electron chi connectivity index (χ1n) is 9.77. The minimum atomic E-state index is -3.30. The lowest BCUT2D eigenvalue weighted by Crippen LogP contribution is -2.01. The van der Waals surface area contributed by atoms with Gasteiger partial charge in [0.2, 0.25) is 5.88 Å². The van der Waals surface area contributed by atoms with Gasteiger partial charge < -0.3 is 4.74 Å². The fraction of sp³-hybridized carbons (Fsp3) is 0.125. The lowest BCUT2D eigenvalue weighted by molar-refractivity contribution is 0.286. The highest BCUT2D eigenvalue weighted by Gasteiger charge is 2.25. The van der Waals surface area contributed by atoms with E-state index in [2.05, 4.69) is 0 Å². The molecule has 1 aromatic heterocycles. The van der Waals surface area contributed by atoms with Crippen LogP contribution in [-0.2, 0) is 23.0 Å². The van der Waals surface area contributed by atoms with Crippen LogP contribution in [0, 0.1) is 5.82 Å². The Morgan fingerprint density at radius 1 is 0.903 bits per heavy atom. The molecule has 0 saturated heterocycles. The van der Waals surface area contributed by atoms with Gasteiger partial charge in [-0.15, -0.1) is 0 Å². The molecule has 0 atom stereocenters. The SMILES string of the molecule is CS(=O)(=O)c1ccc(-c2nn3c(c2-c2ccc(F)cc2)OCc2ccccc2C3)cc1. The van der Waals surface area contributed by atoms with E-state index in [1.807, 2.05) is 28.9 Å². The number of sulfone groups is 1. The normalized spacial score (nSPS) is 13.1. The van der Waals surface area contributed by atoms with Crippen LogP contribution in [0.15, 0.2) is 77.7 Å². The molecular formula is C24H19FN2O3S. The Bertz CT molecular complexity index is 1380. The molecule has 0 bridgehead atoms. The quantitative estimate of drug-likeness (QED) is 0.469.